The summed E-state index contributed by atoms with van der Waals surface area (Å²) in [6, 6.07) is 21.4. The third-order valence-electron chi connectivity index (χ3n) is 7.21. The summed E-state index contributed by atoms with van der Waals surface area (Å²) in [5.41, 5.74) is 5.95. The number of rotatable bonds is 8. The zero-order chi connectivity index (χ0) is 25.8. The smallest absolute Gasteiger partial charge is 0.336 e. The normalized spacial score (nSPS) is 14.2. The van der Waals surface area contributed by atoms with Crippen LogP contribution in [0.4, 0.5) is 5.69 Å². The second-order valence-electron chi connectivity index (χ2n) is 9.79. The molecule has 6 heteroatoms. The van der Waals surface area contributed by atoms with Crippen LogP contribution in [0.2, 0.25) is 0 Å². The van der Waals surface area contributed by atoms with E-state index >= 15 is 0 Å². The number of hydrogen-bond acceptors (Lipinski definition) is 3. The molecule has 1 fully saturated rings. The molecule has 0 aliphatic carbocycles. The number of amides is 1. The molecular formula is C31H33N3O3. The highest BCUT2D eigenvalue weighted by molar-refractivity contribution is 5.96. The Balaban J connectivity index is 1.49. The van der Waals surface area contributed by atoms with Gasteiger partial charge in [-0.3, -0.25) is 4.79 Å². The van der Waals surface area contributed by atoms with Crippen molar-refractivity contribution in [2.45, 2.75) is 58.4 Å². The fraction of sp³-hybridized carbons (Fsp3) is 0.323. The lowest BCUT2D eigenvalue weighted by Crippen LogP contribution is -2.29. The average Bonchev–Trinajstić information content (AvgIpc) is 3.10. The molecule has 0 unspecified atom stereocenters. The van der Waals surface area contributed by atoms with Gasteiger partial charge >= 0.3 is 5.97 Å². The van der Waals surface area contributed by atoms with Gasteiger partial charge in [-0.2, -0.15) is 0 Å². The fourth-order valence-corrected chi connectivity index (χ4v) is 5.18. The molecule has 190 valence electrons. The van der Waals surface area contributed by atoms with E-state index in [1.54, 1.807) is 12.1 Å². The van der Waals surface area contributed by atoms with Crippen molar-refractivity contribution in [2.24, 2.45) is 0 Å². The number of carbonyl (C=O) groups is 2. The van der Waals surface area contributed by atoms with E-state index in [1.165, 1.54) is 0 Å². The number of fused-ring (bicyclic) bond motifs is 1. The van der Waals surface area contributed by atoms with Crippen molar-refractivity contribution in [2.75, 3.05) is 11.4 Å². The number of imidazole rings is 1. The topological polar surface area (TPSA) is 75.4 Å². The van der Waals surface area contributed by atoms with Gasteiger partial charge in [-0.1, -0.05) is 62.2 Å². The molecule has 0 bridgehead atoms. The van der Waals surface area contributed by atoms with Gasteiger partial charge in [-0.15, -0.1) is 0 Å². The molecule has 3 aromatic carbocycles. The Bertz CT molecular complexity index is 1420. The van der Waals surface area contributed by atoms with Gasteiger partial charge in [-0.05, 0) is 60.2 Å². The molecule has 37 heavy (non-hydrogen) atoms. The maximum Gasteiger partial charge on any atom is 0.336 e. The van der Waals surface area contributed by atoms with E-state index in [9.17, 15) is 14.7 Å². The fourth-order valence-electron chi connectivity index (χ4n) is 5.18. The number of carbonyl (C=O) groups excluding carboxylic acids is 1. The molecule has 0 spiro atoms. The molecule has 1 aromatic heterocycles. The zero-order valence-electron chi connectivity index (χ0n) is 21.3. The van der Waals surface area contributed by atoms with Crippen LogP contribution in [0.25, 0.3) is 22.2 Å². The van der Waals surface area contributed by atoms with E-state index in [0.29, 0.717) is 24.1 Å². The summed E-state index contributed by atoms with van der Waals surface area (Å²) in [6.07, 6.45) is 6.74. The van der Waals surface area contributed by atoms with E-state index in [0.717, 1.165) is 78.7 Å². The minimum absolute atomic E-state index is 0.200. The van der Waals surface area contributed by atoms with Crippen LogP contribution in [0.1, 0.15) is 67.2 Å². The Kier molecular flexibility index (Phi) is 7.35. The number of hydrogen-bond donors (Lipinski definition) is 1. The minimum Gasteiger partial charge on any atom is -0.478 e. The minimum atomic E-state index is -0.927. The van der Waals surface area contributed by atoms with Crippen LogP contribution in [-0.4, -0.2) is 33.1 Å². The highest BCUT2D eigenvalue weighted by Gasteiger charge is 2.20. The Hall–Kier alpha value is -3.93. The summed E-state index contributed by atoms with van der Waals surface area (Å²) in [7, 11) is 0. The molecule has 1 aliphatic heterocycles. The summed E-state index contributed by atoms with van der Waals surface area (Å²) in [6.45, 7) is 3.61. The Morgan fingerprint density at radius 3 is 2.59 bits per heavy atom. The van der Waals surface area contributed by atoms with Gasteiger partial charge in [-0.25, -0.2) is 9.78 Å². The number of unbranched alkanes of at least 4 members (excludes halogenated alkanes) is 1. The molecule has 1 amide bonds. The summed E-state index contributed by atoms with van der Waals surface area (Å²) in [5, 5.41) is 9.57. The number of anilines is 1. The lowest BCUT2D eigenvalue weighted by Gasteiger charge is -2.21. The van der Waals surface area contributed by atoms with Crippen LogP contribution >= 0.6 is 0 Å². The van der Waals surface area contributed by atoms with Crippen LogP contribution < -0.4 is 4.90 Å². The van der Waals surface area contributed by atoms with Gasteiger partial charge in [0, 0.05) is 31.6 Å². The highest BCUT2D eigenvalue weighted by Crippen LogP contribution is 2.28. The molecule has 2 heterocycles. The Morgan fingerprint density at radius 2 is 1.81 bits per heavy atom. The summed E-state index contributed by atoms with van der Waals surface area (Å²) in [4.78, 5) is 31.3. The van der Waals surface area contributed by atoms with Crippen molar-refractivity contribution in [3.63, 3.8) is 0 Å². The van der Waals surface area contributed by atoms with Gasteiger partial charge in [0.2, 0.25) is 5.91 Å². The summed E-state index contributed by atoms with van der Waals surface area (Å²) < 4.78 is 2.27. The lowest BCUT2D eigenvalue weighted by atomic mass is 9.99. The third kappa shape index (κ3) is 5.29. The number of aromatic nitrogens is 2. The van der Waals surface area contributed by atoms with Gasteiger partial charge < -0.3 is 14.6 Å². The first kappa shape index (κ1) is 24.8. The van der Waals surface area contributed by atoms with E-state index in [2.05, 4.69) is 29.7 Å². The number of carboxylic acid groups (broad SMARTS) is 1. The van der Waals surface area contributed by atoms with Gasteiger partial charge in [0.25, 0.3) is 0 Å². The molecule has 6 nitrogen and oxygen atoms in total. The molecule has 5 rings (SSSR count). The maximum absolute atomic E-state index is 12.8. The first-order chi connectivity index (χ1) is 18.0. The first-order valence-electron chi connectivity index (χ1n) is 13.3. The third-order valence-corrected chi connectivity index (χ3v) is 7.21. The van der Waals surface area contributed by atoms with Crippen LogP contribution in [0, 0.1) is 0 Å². The number of aryl methyl sites for hydroxylation is 1. The van der Waals surface area contributed by atoms with Gasteiger partial charge in [0.15, 0.2) is 0 Å². The maximum atomic E-state index is 12.8. The van der Waals surface area contributed by atoms with E-state index in [4.69, 9.17) is 4.98 Å². The Labute approximate surface area is 217 Å². The monoisotopic (exact) mass is 495 g/mol. The second-order valence-corrected chi connectivity index (χ2v) is 9.79. The zero-order valence-corrected chi connectivity index (χ0v) is 21.3. The highest BCUT2D eigenvalue weighted by atomic mass is 16.4. The summed E-state index contributed by atoms with van der Waals surface area (Å²) >= 11 is 0. The van der Waals surface area contributed by atoms with Gasteiger partial charge in [0.1, 0.15) is 5.82 Å². The number of benzene rings is 3. The van der Waals surface area contributed by atoms with Crippen molar-refractivity contribution in [1.82, 2.24) is 9.55 Å². The molecule has 0 atom stereocenters. The molecule has 0 radical (unpaired) electrons. The predicted molar refractivity (Wildman–Crippen MR) is 147 cm³/mol. The van der Waals surface area contributed by atoms with Crippen LogP contribution in [0.15, 0.2) is 66.7 Å². The largest absolute Gasteiger partial charge is 0.478 e. The second kappa shape index (κ2) is 11.0. The molecule has 0 saturated carbocycles. The molecule has 1 N–H and O–H groups in total. The van der Waals surface area contributed by atoms with Crippen molar-refractivity contribution >= 4 is 28.6 Å². The Morgan fingerprint density at radius 1 is 1.00 bits per heavy atom. The van der Waals surface area contributed by atoms with Crippen molar-refractivity contribution in [3.8, 4) is 11.1 Å². The van der Waals surface area contributed by atoms with Crippen molar-refractivity contribution < 1.29 is 14.7 Å². The van der Waals surface area contributed by atoms with E-state index in [1.807, 2.05) is 41.3 Å². The molecule has 1 aliphatic rings. The van der Waals surface area contributed by atoms with Crippen LogP contribution in [0.3, 0.4) is 0 Å². The molecule has 1 saturated heterocycles. The van der Waals surface area contributed by atoms with E-state index in [-0.39, 0.29) is 5.91 Å². The first-order valence-corrected chi connectivity index (χ1v) is 13.3. The van der Waals surface area contributed by atoms with Crippen molar-refractivity contribution in [1.29, 1.82) is 0 Å². The van der Waals surface area contributed by atoms with Crippen LogP contribution in [0.5, 0.6) is 0 Å². The SMILES string of the molecule is CCCCc1nc2ccc(N3CCCCCC3=O)cc2n1Cc1ccc(-c2ccccc2C(=O)O)cc1. The van der Waals surface area contributed by atoms with Crippen molar-refractivity contribution in [3.05, 3.63) is 83.7 Å². The van der Waals surface area contributed by atoms with Crippen LogP contribution in [-0.2, 0) is 17.8 Å². The molecular weight excluding hydrogens is 462 g/mol. The van der Waals surface area contributed by atoms with Gasteiger partial charge in [0.05, 0.1) is 16.6 Å². The summed E-state index contributed by atoms with van der Waals surface area (Å²) in [5.74, 6) is 0.326. The number of aromatic carboxylic acids is 1. The number of carboxylic acids is 1. The average molecular weight is 496 g/mol. The number of nitrogens with zero attached hydrogens (tertiary/aromatic N) is 3. The predicted octanol–water partition coefficient (Wildman–Crippen LogP) is 6.70. The molecule has 4 aromatic rings. The quantitative estimate of drug-likeness (QED) is 0.295. The lowest BCUT2D eigenvalue weighted by molar-refractivity contribution is -0.118. The standard InChI is InChI=1S/C31H33N3O3/c1-2-3-11-29-32-27-18-17-24(33-19-8-4-5-12-30(33)35)20-28(27)34(29)21-22-13-15-23(16-14-22)25-9-6-7-10-26(25)31(36)37/h6-7,9-10,13-18,20H,2-5,8,11-12,19,21H2,1H3,(H,36,37). The van der Waals surface area contributed by atoms with E-state index < -0.39 is 5.97 Å².